The summed E-state index contributed by atoms with van der Waals surface area (Å²) >= 11 is 1.47. The highest BCUT2D eigenvalue weighted by Crippen LogP contribution is 2.35. The van der Waals surface area contributed by atoms with Gasteiger partial charge in [0.2, 0.25) is 15.9 Å². The van der Waals surface area contributed by atoms with E-state index in [1.54, 1.807) is 17.3 Å². The molecule has 0 aliphatic carbocycles. The number of piperidine rings is 1. The maximum Gasteiger partial charge on any atom is 0.245 e. The first kappa shape index (κ1) is 25.4. The van der Waals surface area contributed by atoms with E-state index in [-0.39, 0.29) is 29.8 Å². The molecule has 1 fully saturated rings. The summed E-state index contributed by atoms with van der Waals surface area (Å²) in [6.45, 7) is 4.65. The highest BCUT2D eigenvalue weighted by molar-refractivity contribution is 7.89. The number of nitrogens with zero attached hydrogens (tertiary/aromatic N) is 4. The van der Waals surface area contributed by atoms with Gasteiger partial charge in [-0.2, -0.15) is 4.31 Å². The number of benzene rings is 2. The predicted octanol–water partition coefficient (Wildman–Crippen LogP) is 5.08. The van der Waals surface area contributed by atoms with Crippen LogP contribution in [0.4, 0.5) is 9.52 Å². The number of rotatable bonds is 6. The smallest absolute Gasteiger partial charge is 0.245 e. The molecule has 0 N–H and O–H groups in total. The van der Waals surface area contributed by atoms with Crippen molar-refractivity contribution in [2.24, 2.45) is 5.92 Å². The molecule has 7 nitrogen and oxygen atoms in total. The molecule has 192 valence electrons. The quantitative estimate of drug-likeness (QED) is 0.342. The molecule has 0 radical (unpaired) electrons. The van der Waals surface area contributed by atoms with Crippen LogP contribution >= 0.6 is 11.3 Å². The number of hydrogen-bond donors (Lipinski definition) is 0. The van der Waals surface area contributed by atoms with Gasteiger partial charge in [-0.3, -0.25) is 14.7 Å². The fourth-order valence-electron chi connectivity index (χ4n) is 4.74. The average molecular weight is 539 g/mol. The van der Waals surface area contributed by atoms with Gasteiger partial charge in [0, 0.05) is 31.4 Å². The molecule has 1 aliphatic rings. The van der Waals surface area contributed by atoms with E-state index >= 15 is 0 Å². The SMILES string of the molecule is Cc1cc(C)c2nc(N(Cc3cccnc3)C(=O)C3CCN(S(=O)(=O)c4ccccc4F)CC3)sc2c1. The molecule has 3 heterocycles. The van der Waals surface area contributed by atoms with Crippen LogP contribution in [0.25, 0.3) is 10.2 Å². The lowest BCUT2D eigenvalue weighted by Gasteiger charge is -2.33. The molecule has 5 rings (SSSR count). The molecule has 1 saturated heterocycles. The number of halogens is 1. The van der Waals surface area contributed by atoms with Crippen LogP contribution in [0.2, 0.25) is 0 Å². The Morgan fingerprint density at radius 3 is 2.59 bits per heavy atom. The normalized spacial score (nSPS) is 15.2. The Hall–Kier alpha value is -3.21. The van der Waals surface area contributed by atoms with E-state index in [4.69, 9.17) is 4.98 Å². The van der Waals surface area contributed by atoms with Crippen molar-refractivity contribution >= 4 is 42.6 Å². The molecule has 2 aromatic carbocycles. The Morgan fingerprint density at radius 1 is 1.14 bits per heavy atom. The lowest BCUT2D eigenvalue weighted by atomic mass is 9.96. The first-order valence-electron chi connectivity index (χ1n) is 12.1. The van der Waals surface area contributed by atoms with E-state index in [1.807, 2.05) is 26.0 Å². The summed E-state index contributed by atoms with van der Waals surface area (Å²) in [5.41, 5.74) is 3.94. The Balaban J connectivity index is 1.40. The van der Waals surface area contributed by atoms with Crippen molar-refractivity contribution in [2.75, 3.05) is 18.0 Å². The number of aromatic nitrogens is 2. The molecule has 0 spiro atoms. The zero-order valence-corrected chi connectivity index (χ0v) is 22.2. The molecular formula is C27H27FN4O3S2. The Bertz CT molecular complexity index is 1550. The van der Waals surface area contributed by atoms with Crippen molar-refractivity contribution < 1.29 is 17.6 Å². The van der Waals surface area contributed by atoms with Crippen LogP contribution in [0.3, 0.4) is 0 Å². The lowest BCUT2D eigenvalue weighted by molar-refractivity contribution is -0.123. The number of anilines is 1. The minimum atomic E-state index is -3.97. The number of sulfonamides is 1. The van der Waals surface area contributed by atoms with Crippen LogP contribution in [0.15, 0.2) is 65.8 Å². The van der Waals surface area contributed by atoms with Gasteiger partial charge in [0.25, 0.3) is 0 Å². The third kappa shape index (κ3) is 5.14. The van der Waals surface area contributed by atoms with Crippen molar-refractivity contribution in [3.63, 3.8) is 0 Å². The molecule has 0 atom stereocenters. The molecule has 2 aromatic heterocycles. The van der Waals surface area contributed by atoms with E-state index in [1.165, 1.54) is 33.8 Å². The Labute approximate surface area is 219 Å². The van der Waals surface area contributed by atoms with Gasteiger partial charge in [-0.25, -0.2) is 17.8 Å². The summed E-state index contributed by atoms with van der Waals surface area (Å²) in [6.07, 6.45) is 4.11. The van der Waals surface area contributed by atoms with Gasteiger partial charge in [0.05, 0.1) is 16.8 Å². The molecule has 1 aliphatic heterocycles. The van der Waals surface area contributed by atoms with E-state index in [9.17, 15) is 17.6 Å². The van der Waals surface area contributed by atoms with Crippen LogP contribution in [0.1, 0.15) is 29.5 Å². The van der Waals surface area contributed by atoms with Gasteiger partial charge in [-0.15, -0.1) is 0 Å². The van der Waals surface area contributed by atoms with Gasteiger partial charge < -0.3 is 0 Å². The fourth-order valence-corrected chi connectivity index (χ4v) is 7.43. The van der Waals surface area contributed by atoms with Gasteiger partial charge in [-0.05, 0) is 67.6 Å². The average Bonchev–Trinajstić information content (AvgIpc) is 3.32. The summed E-state index contributed by atoms with van der Waals surface area (Å²) < 4.78 is 42.5. The summed E-state index contributed by atoms with van der Waals surface area (Å²) in [5.74, 6) is -1.25. The molecule has 37 heavy (non-hydrogen) atoms. The number of amides is 1. The number of carbonyl (C=O) groups is 1. The summed E-state index contributed by atoms with van der Waals surface area (Å²) in [7, 11) is -3.97. The second-order valence-corrected chi connectivity index (χ2v) is 12.2. The Morgan fingerprint density at radius 2 is 1.89 bits per heavy atom. The van der Waals surface area contributed by atoms with Crippen LogP contribution in [-0.4, -0.2) is 41.7 Å². The number of aryl methyl sites for hydroxylation is 2. The number of pyridine rings is 1. The molecule has 0 bridgehead atoms. The van der Waals surface area contributed by atoms with E-state index < -0.39 is 15.8 Å². The lowest BCUT2D eigenvalue weighted by Crippen LogP contribution is -2.44. The zero-order chi connectivity index (χ0) is 26.2. The molecule has 4 aromatic rings. The van der Waals surface area contributed by atoms with Crippen molar-refractivity contribution in [3.8, 4) is 0 Å². The standard InChI is InChI=1S/C27H27FN4O3S2/c1-18-14-19(2)25-23(15-18)36-27(30-25)32(17-20-6-5-11-29-16-20)26(33)21-9-12-31(13-10-21)37(34,35)24-8-4-3-7-22(24)28/h3-8,11,14-16,21H,9-10,12-13,17H2,1-2H3. The fraction of sp³-hybridized carbons (Fsp3) is 0.296. The predicted molar refractivity (Wildman–Crippen MR) is 142 cm³/mol. The highest BCUT2D eigenvalue weighted by Gasteiger charge is 2.36. The first-order chi connectivity index (χ1) is 17.7. The largest absolute Gasteiger partial charge is 0.283 e. The highest BCUT2D eigenvalue weighted by atomic mass is 32.2. The number of thiazole rings is 1. The van der Waals surface area contributed by atoms with E-state index in [2.05, 4.69) is 17.1 Å². The maximum absolute atomic E-state index is 14.2. The van der Waals surface area contributed by atoms with E-state index in [0.717, 1.165) is 33.0 Å². The molecular weight excluding hydrogens is 511 g/mol. The molecule has 10 heteroatoms. The summed E-state index contributed by atoms with van der Waals surface area (Å²) in [5, 5.41) is 0.610. The molecule has 0 saturated carbocycles. The van der Waals surface area contributed by atoms with Crippen LogP contribution in [0.5, 0.6) is 0 Å². The van der Waals surface area contributed by atoms with Crippen LogP contribution in [-0.2, 0) is 21.4 Å². The van der Waals surface area contributed by atoms with E-state index in [0.29, 0.717) is 24.5 Å². The maximum atomic E-state index is 14.2. The molecule has 1 amide bonds. The minimum Gasteiger partial charge on any atom is -0.283 e. The van der Waals surface area contributed by atoms with Gasteiger partial charge >= 0.3 is 0 Å². The van der Waals surface area contributed by atoms with Crippen molar-refractivity contribution in [3.05, 3.63) is 83.4 Å². The number of fused-ring (bicyclic) bond motifs is 1. The number of hydrogen-bond acceptors (Lipinski definition) is 6. The second kappa shape index (κ2) is 10.3. The molecule has 0 unspecified atom stereocenters. The van der Waals surface area contributed by atoms with Gasteiger partial charge in [-0.1, -0.05) is 35.6 Å². The van der Waals surface area contributed by atoms with Crippen LogP contribution in [0, 0.1) is 25.6 Å². The first-order valence-corrected chi connectivity index (χ1v) is 14.3. The van der Waals surface area contributed by atoms with Gasteiger partial charge in [0.15, 0.2) is 5.13 Å². The minimum absolute atomic E-state index is 0.0970. The third-order valence-corrected chi connectivity index (χ3v) is 9.59. The zero-order valence-electron chi connectivity index (χ0n) is 20.6. The van der Waals surface area contributed by atoms with Crippen LogP contribution < -0.4 is 4.90 Å². The Kier molecular flexibility index (Phi) is 7.06. The van der Waals surface area contributed by atoms with Gasteiger partial charge in [0.1, 0.15) is 10.7 Å². The summed E-state index contributed by atoms with van der Waals surface area (Å²) in [4.78, 5) is 24.2. The van der Waals surface area contributed by atoms with Crippen molar-refractivity contribution in [2.45, 2.75) is 38.1 Å². The summed E-state index contributed by atoms with van der Waals surface area (Å²) in [6, 6.07) is 13.3. The topological polar surface area (TPSA) is 83.5 Å². The second-order valence-electron chi connectivity index (χ2n) is 9.32. The third-order valence-electron chi connectivity index (χ3n) is 6.64. The van der Waals surface area contributed by atoms with Crippen molar-refractivity contribution in [1.82, 2.24) is 14.3 Å². The van der Waals surface area contributed by atoms with Crippen molar-refractivity contribution in [1.29, 1.82) is 0 Å². The monoisotopic (exact) mass is 538 g/mol. The number of carbonyl (C=O) groups excluding carboxylic acids is 1.